The van der Waals surface area contributed by atoms with Crippen LogP contribution in [0.25, 0.3) is 22.3 Å². The van der Waals surface area contributed by atoms with E-state index in [9.17, 15) is 13.6 Å². The van der Waals surface area contributed by atoms with Gasteiger partial charge in [-0.3, -0.25) is 4.79 Å². The highest BCUT2D eigenvalue weighted by Gasteiger charge is 2.24. The lowest BCUT2D eigenvalue weighted by molar-refractivity contribution is 0.0160. The molecule has 0 bridgehead atoms. The predicted molar refractivity (Wildman–Crippen MR) is 104 cm³/mol. The van der Waals surface area contributed by atoms with Crippen LogP contribution in [0.3, 0.4) is 0 Å². The zero-order valence-corrected chi connectivity index (χ0v) is 16.4. The van der Waals surface area contributed by atoms with E-state index >= 15 is 0 Å². The predicted octanol–water partition coefficient (Wildman–Crippen LogP) is 5.91. The minimum Gasteiger partial charge on any atom is -0.357 e. The quantitative estimate of drug-likeness (QED) is 0.480. The van der Waals surface area contributed by atoms with Gasteiger partial charge in [-0.25, -0.2) is 13.5 Å². The topological polar surface area (TPSA) is 44.1 Å². The average Bonchev–Trinajstić information content (AvgIpc) is 3.13. The van der Waals surface area contributed by atoms with Crippen LogP contribution in [0.2, 0.25) is 5.02 Å². The van der Waals surface area contributed by atoms with Gasteiger partial charge >= 0.3 is 0 Å². The van der Waals surface area contributed by atoms with Gasteiger partial charge in [0.1, 0.15) is 12.0 Å². The number of Topliss-reactive ketones (excluding diaryl/α,β-unsaturated/α-hetero) is 1. The molecule has 0 aliphatic rings. The maximum atomic E-state index is 14.7. The van der Waals surface area contributed by atoms with Crippen molar-refractivity contribution in [3.63, 3.8) is 0 Å². The molecule has 0 radical (unpaired) electrons. The molecule has 0 aliphatic carbocycles. The summed E-state index contributed by atoms with van der Waals surface area (Å²) in [5.41, 5.74) is 1.56. The van der Waals surface area contributed by atoms with Crippen molar-refractivity contribution in [3.05, 3.63) is 64.9 Å². The van der Waals surface area contributed by atoms with Crippen LogP contribution in [0.1, 0.15) is 37.4 Å². The van der Waals surface area contributed by atoms with Crippen LogP contribution in [-0.2, 0) is 4.74 Å². The van der Waals surface area contributed by atoms with E-state index in [0.29, 0.717) is 23.3 Å². The van der Waals surface area contributed by atoms with Gasteiger partial charge in [-0.1, -0.05) is 23.7 Å². The smallest absolute Gasteiger partial charge is 0.163 e. The average molecular weight is 405 g/mol. The van der Waals surface area contributed by atoms with Crippen molar-refractivity contribution in [1.29, 1.82) is 0 Å². The molecule has 1 atom stereocenters. The van der Waals surface area contributed by atoms with Crippen molar-refractivity contribution in [3.8, 4) is 22.3 Å². The Morgan fingerprint density at radius 3 is 2.68 bits per heavy atom. The van der Waals surface area contributed by atoms with Gasteiger partial charge in [-0.15, -0.1) is 0 Å². The summed E-state index contributed by atoms with van der Waals surface area (Å²) in [4.78, 5) is 12.2. The van der Waals surface area contributed by atoms with E-state index in [1.165, 1.54) is 31.2 Å². The Balaban J connectivity index is 2.28. The molecular formula is C21H19ClF2N2O2. The summed E-state index contributed by atoms with van der Waals surface area (Å²) in [5.74, 6) is -1.82. The van der Waals surface area contributed by atoms with E-state index in [2.05, 4.69) is 5.10 Å². The highest BCUT2D eigenvalue weighted by molar-refractivity contribution is 6.32. The van der Waals surface area contributed by atoms with E-state index in [4.69, 9.17) is 16.3 Å². The molecule has 0 fully saturated rings. The number of nitrogens with zero attached hydrogens (tertiary/aromatic N) is 2. The fraction of sp³-hybridized carbons (Fsp3) is 0.238. The molecule has 0 N–H and O–H groups in total. The minimum atomic E-state index is -0.827. The van der Waals surface area contributed by atoms with Gasteiger partial charge in [0.25, 0.3) is 0 Å². The lowest BCUT2D eigenvalue weighted by Gasteiger charge is -2.16. The van der Waals surface area contributed by atoms with Crippen LogP contribution < -0.4 is 0 Å². The Morgan fingerprint density at radius 2 is 2.04 bits per heavy atom. The maximum absolute atomic E-state index is 14.7. The molecule has 0 saturated heterocycles. The first-order chi connectivity index (χ1) is 13.3. The molecule has 3 aromatic rings. The second-order valence-corrected chi connectivity index (χ2v) is 6.71. The monoisotopic (exact) mass is 404 g/mol. The lowest BCUT2D eigenvalue weighted by Crippen LogP contribution is -2.09. The molecule has 1 aromatic heterocycles. The van der Waals surface area contributed by atoms with Gasteiger partial charge in [-0.05, 0) is 50.1 Å². The molecule has 0 saturated carbocycles. The first kappa shape index (κ1) is 20.2. The van der Waals surface area contributed by atoms with Gasteiger partial charge in [0.2, 0.25) is 0 Å². The zero-order chi connectivity index (χ0) is 20.4. The lowest BCUT2D eigenvalue weighted by atomic mass is 9.89. The number of halogens is 3. The van der Waals surface area contributed by atoms with Crippen molar-refractivity contribution in [1.82, 2.24) is 9.78 Å². The first-order valence-corrected chi connectivity index (χ1v) is 9.16. The van der Waals surface area contributed by atoms with Crippen LogP contribution in [0.5, 0.6) is 0 Å². The number of aromatic nitrogens is 2. The minimum absolute atomic E-state index is 0.182. The molecule has 1 unspecified atom stereocenters. The molecule has 0 amide bonds. The number of hydrogen-bond donors (Lipinski definition) is 0. The number of benzene rings is 2. The van der Waals surface area contributed by atoms with Crippen molar-refractivity contribution >= 4 is 17.4 Å². The number of rotatable bonds is 6. The van der Waals surface area contributed by atoms with Crippen LogP contribution >= 0.6 is 11.6 Å². The van der Waals surface area contributed by atoms with Gasteiger partial charge < -0.3 is 4.74 Å². The standard InChI is InChI=1S/C21H19ClF2N2O2/c1-4-28-13(3)26-11-15(10-25-26)17-9-18(22)21(24)19(12(2)27)20(17)14-6-5-7-16(23)8-14/h5-11,13H,4H2,1-3H3. The number of ether oxygens (including phenoxy) is 1. The molecule has 28 heavy (non-hydrogen) atoms. The summed E-state index contributed by atoms with van der Waals surface area (Å²) in [6.07, 6.45) is 2.99. The summed E-state index contributed by atoms with van der Waals surface area (Å²) >= 11 is 6.07. The molecule has 4 nitrogen and oxygen atoms in total. The molecule has 7 heteroatoms. The zero-order valence-electron chi connectivity index (χ0n) is 15.7. The molecule has 0 spiro atoms. The van der Waals surface area contributed by atoms with Gasteiger partial charge in [0.15, 0.2) is 11.6 Å². The molecular weight excluding hydrogens is 386 g/mol. The molecule has 0 aliphatic heterocycles. The van der Waals surface area contributed by atoms with E-state index in [0.717, 1.165) is 0 Å². The largest absolute Gasteiger partial charge is 0.357 e. The SMILES string of the molecule is CCOC(C)n1cc(-c2cc(Cl)c(F)c(C(C)=O)c2-c2cccc(F)c2)cn1. The fourth-order valence-corrected chi connectivity index (χ4v) is 3.33. The Morgan fingerprint density at radius 1 is 1.29 bits per heavy atom. The normalized spacial score (nSPS) is 12.2. The molecule has 3 rings (SSSR count). The van der Waals surface area contributed by atoms with E-state index < -0.39 is 17.4 Å². The van der Waals surface area contributed by atoms with Crippen molar-refractivity contribution < 1.29 is 18.3 Å². The number of carbonyl (C=O) groups excluding carboxylic acids is 1. The van der Waals surface area contributed by atoms with Crippen LogP contribution in [0.4, 0.5) is 8.78 Å². The Labute approximate surface area is 166 Å². The summed E-state index contributed by atoms with van der Waals surface area (Å²) < 4.78 is 35.7. The fourth-order valence-electron chi connectivity index (χ4n) is 3.12. The third-order valence-electron chi connectivity index (χ3n) is 4.38. The summed E-state index contributed by atoms with van der Waals surface area (Å²) in [6, 6.07) is 7.09. The molecule has 1 heterocycles. The first-order valence-electron chi connectivity index (χ1n) is 8.78. The second kappa shape index (κ2) is 8.20. The van der Waals surface area contributed by atoms with E-state index in [1.54, 1.807) is 23.1 Å². The van der Waals surface area contributed by atoms with Gasteiger partial charge in [0, 0.05) is 23.9 Å². The molecule has 2 aromatic carbocycles. The van der Waals surface area contributed by atoms with Crippen LogP contribution in [0.15, 0.2) is 42.7 Å². The number of ketones is 1. The second-order valence-electron chi connectivity index (χ2n) is 6.30. The van der Waals surface area contributed by atoms with Crippen molar-refractivity contribution in [2.75, 3.05) is 6.61 Å². The Kier molecular flexibility index (Phi) is 5.91. The van der Waals surface area contributed by atoms with Crippen molar-refractivity contribution in [2.45, 2.75) is 27.0 Å². The number of hydrogen-bond acceptors (Lipinski definition) is 3. The summed E-state index contributed by atoms with van der Waals surface area (Å²) in [5, 5.41) is 4.10. The molecule has 146 valence electrons. The number of carbonyl (C=O) groups is 1. The van der Waals surface area contributed by atoms with E-state index in [1.807, 2.05) is 13.8 Å². The van der Waals surface area contributed by atoms with Gasteiger partial charge in [0.05, 0.1) is 16.8 Å². The Hall–Kier alpha value is -2.57. The highest BCUT2D eigenvalue weighted by atomic mass is 35.5. The third-order valence-corrected chi connectivity index (χ3v) is 4.65. The van der Waals surface area contributed by atoms with E-state index in [-0.39, 0.29) is 22.4 Å². The summed E-state index contributed by atoms with van der Waals surface area (Å²) in [7, 11) is 0. The highest BCUT2D eigenvalue weighted by Crippen LogP contribution is 2.40. The van der Waals surface area contributed by atoms with Crippen LogP contribution in [-0.4, -0.2) is 22.2 Å². The maximum Gasteiger partial charge on any atom is 0.163 e. The summed E-state index contributed by atoms with van der Waals surface area (Å²) in [6.45, 7) is 5.48. The third kappa shape index (κ3) is 3.84. The van der Waals surface area contributed by atoms with Gasteiger partial charge in [-0.2, -0.15) is 5.10 Å². The Bertz CT molecular complexity index is 1030. The van der Waals surface area contributed by atoms with Crippen molar-refractivity contribution in [2.24, 2.45) is 0 Å². The van der Waals surface area contributed by atoms with Crippen LogP contribution in [0, 0.1) is 11.6 Å².